The van der Waals surface area contributed by atoms with Gasteiger partial charge in [-0.15, -0.1) is 0 Å². The van der Waals surface area contributed by atoms with Crippen molar-refractivity contribution in [3.05, 3.63) is 0 Å². The summed E-state index contributed by atoms with van der Waals surface area (Å²) in [7, 11) is 0. The van der Waals surface area contributed by atoms with Crippen molar-refractivity contribution >= 4 is 41.4 Å². The first-order valence-corrected chi connectivity index (χ1v) is 11.7. The Morgan fingerprint density at radius 3 is 2.35 bits per heavy atom. The van der Waals surface area contributed by atoms with E-state index >= 15 is 0 Å². The highest BCUT2D eigenvalue weighted by atomic mass is 32.2. The molecule has 2 aliphatic rings. The van der Waals surface area contributed by atoms with Crippen LogP contribution in [0.15, 0.2) is 0 Å². The number of nitrogens with zero attached hydrogens (tertiary/aromatic N) is 1. The number of carboxylic acid groups (broad SMARTS) is 2. The fourth-order valence-electron chi connectivity index (χ4n) is 3.82. The molecule has 4 unspecified atom stereocenters. The number of hydrogen-bond donors (Lipinski definition) is 5. The molecule has 11 nitrogen and oxygen atoms in total. The zero-order chi connectivity index (χ0) is 23.0. The van der Waals surface area contributed by atoms with E-state index < -0.39 is 42.4 Å². The molecule has 0 aromatic heterocycles. The van der Waals surface area contributed by atoms with Gasteiger partial charge in [0.05, 0.1) is 12.5 Å². The number of carbonyl (C=O) groups is 5. The highest BCUT2D eigenvalue weighted by Gasteiger charge is 2.39. The molecule has 2 fully saturated rings. The number of carbonyl (C=O) groups excluding carboxylic acids is 3. The Hall–Kier alpha value is -2.34. The van der Waals surface area contributed by atoms with E-state index in [1.807, 2.05) is 6.26 Å². The summed E-state index contributed by atoms with van der Waals surface area (Å²) in [4.78, 5) is 61.9. The molecule has 0 radical (unpaired) electrons. The number of carboxylic acids is 2. The molecule has 2 heterocycles. The number of nitrogens with one attached hydrogen (secondary N) is 3. The summed E-state index contributed by atoms with van der Waals surface area (Å²) in [6, 6.07) is -3.61. The molecule has 31 heavy (non-hydrogen) atoms. The highest BCUT2D eigenvalue weighted by Crippen LogP contribution is 2.20. The standard InChI is InChI=1S/C19H30N4O7S/c1-31-9-6-12(21-16(26)11-4-2-7-20-11)18(28)23-8-3-5-14(23)17(27)22-13(19(29)30)10-15(24)25/h11-14,20H,2-10H2,1H3,(H,21,26)(H,22,27)(H,24,25)(H,29,30). The van der Waals surface area contributed by atoms with Crippen LogP contribution in [0, 0.1) is 0 Å². The first kappa shape index (κ1) is 24.9. The lowest BCUT2D eigenvalue weighted by Gasteiger charge is -2.29. The summed E-state index contributed by atoms with van der Waals surface area (Å²) in [5.41, 5.74) is 0. The van der Waals surface area contributed by atoms with Crippen LogP contribution >= 0.6 is 11.8 Å². The van der Waals surface area contributed by atoms with Gasteiger partial charge >= 0.3 is 11.9 Å². The lowest BCUT2D eigenvalue weighted by atomic mass is 10.1. The quantitative estimate of drug-likeness (QED) is 0.261. The molecule has 2 rings (SSSR count). The molecule has 4 atom stereocenters. The van der Waals surface area contributed by atoms with Gasteiger partial charge in [-0.1, -0.05) is 0 Å². The Morgan fingerprint density at radius 2 is 1.77 bits per heavy atom. The molecule has 0 saturated carbocycles. The highest BCUT2D eigenvalue weighted by molar-refractivity contribution is 7.98. The van der Waals surface area contributed by atoms with E-state index in [4.69, 9.17) is 10.2 Å². The van der Waals surface area contributed by atoms with Crippen molar-refractivity contribution in [1.82, 2.24) is 20.9 Å². The number of likely N-dealkylation sites (tertiary alicyclic amines) is 1. The van der Waals surface area contributed by atoms with Gasteiger partial charge in [-0.05, 0) is 50.7 Å². The van der Waals surface area contributed by atoms with Crippen LogP contribution < -0.4 is 16.0 Å². The van der Waals surface area contributed by atoms with Crippen LogP contribution in [0.5, 0.6) is 0 Å². The van der Waals surface area contributed by atoms with Gasteiger partial charge in [0, 0.05) is 6.54 Å². The molecule has 2 aliphatic heterocycles. The van der Waals surface area contributed by atoms with Crippen LogP contribution in [-0.2, 0) is 24.0 Å². The molecule has 12 heteroatoms. The third kappa shape index (κ3) is 7.10. The van der Waals surface area contributed by atoms with Gasteiger partial charge in [0.1, 0.15) is 18.1 Å². The fourth-order valence-corrected chi connectivity index (χ4v) is 4.29. The molecular weight excluding hydrogens is 428 g/mol. The second kappa shape index (κ2) is 11.9. The van der Waals surface area contributed by atoms with E-state index in [0.717, 1.165) is 13.0 Å². The minimum Gasteiger partial charge on any atom is -0.481 e. The molecule has 5 N–H and O–H groups in total. The second-order valence-corrected chi connectivity index (χ2v) is 8.66. The van der Waals surface area contributed by atoms with Crippen molar-refractivity contribution in [1.29, 1.82) is 0 Å². The third-order valence-electron chi connectivity index (χ3n) is 5.43. The maximum atomic E-state index is 13.2. The van der Waals surface area contributed by atoms with Gasteiger partial charge in [0.25, 0.3) is 0 Å². The summed E-state index contributed by atoms with van der Waals surface area (Å²) in [6.45, 7) is 1.05. The Labute approximate surface area is 184 Å². The Morgan fingerprint density at radius 1 is 1.06 bits per heavy atom. The van der Waals surface area contributed by atoms with Crippen LogP contribution in [0.3, 0.4) is 0 Å². The molecule has 0 aromatic carbocycles. The predicted molar refractivity (Wildman–Crippen MR) is 113 cm³/mol. The SMILES string of the molecule is CSCCC(NC(=O)C1CCCN1)C(=O)N1CCCC1C(=O)NC(CC(=O)O)C(=O)O. The third-order valence-corrected chi connectivity index (χ3v) is 6.08. The summed E-state index contributed by atoms with van der Waals surface area (Å²) in [5.74, 6) is -3.51. The first-order chi connectivity index (χ1) is 14.7. The zero-order valence-electron chi connectivity index (χ0n) is 17.5. The Balaban J connectivity index is 2.07. The van der Waals surface area contributed by atoms with Crippen molar-refractivity contribution in [2.45, 2.75) is 62.7 Å². The summed E-state index contributed by atoms with van der Waals surface area (Å²) < 4.78 is 0. The van der Waals surface area contributed by atoms with Crippen LogP contribution in [0.1, 0.15) is 38.5 Å². The van der Waals surface area contributed by atoms with E-state index in [9.17, 15) is 24.0 Å². The second-order valence-electron chi connectivity index (χ2n) is 7.68. The number of thioether (sulfide) groups is 1. The number of amides is 3. The van der Waals surface area contributed by atoms with Crippen LogP contribution in [0.25, 0.3) is 0 Å². The van der Waals surface area contributed by atoms with Crippen molar-refractivity contribution < 1.29 is 34.2 Å². The van der Waals surface area contributed by atoms with Crippen molar-refractivity contribution in [2.75, 3.05) is 25.1 Å². The number of hydrogen-bond acceptors (Lipinski definition) is 7. The fraction of sp³-hybridized carbons (Fsp3) is 0.737. The molecule has 174 valence electrons. The lowest BCUT2D eigenvalue weighted by molar-refractivity contribution is -0.148. The summed E-state index contributed by atoms with van der Waals surface area (Å²) in [5, 5.41) is 26.1. The summed E-state index contributed by atoms with van der Waals surface area (Å²) in [6.07, 6.45) is 4.00. The lowest BCUT2D eigenvalue weighted by Crippen LogP contribution is -2.57. The normalized spacial score (nSPS) is 22.5. The molecular formula is C19H30N4O7S. The predicted octanol–water partition coefficient (Wildman–Crippen LogP) is -0.989. The van der Waals surface area contributed by atoms with E-state index in [1.165, 1.54) is 16.7 Å². The average molecular weight is 459 g/mol. The van der Waals surface area contributed by atoms with Gasteiger partial charge in [-0.25, -0.2) is 4.79 Å². The topological polar surface area (TPSA) is 165 Å². The minimum atomic E-state index is -1.58. The zero-order valence-corrected chi connectivity index (χ0v) is 18.3. The van der Waals surface area contributed by atoms with Crippen LogP contribution in [0.2, 0.25) is 0 Å². The minimum absolute atomic E-state index is 0.246. The van der Waals surface area contributed by atoms with Crippen LogP contribution in [-0.4, -0.2) is 94.0 Å². The van der Waals surface area contributed by atoms with Gasteiger partial charge in [0.15, 0.2) is 0 Å². The Bertz CT molecular complexity index is 699. The average Bonchev–Trinajstić information content (AvgIpc) is 3.41. The van der Waals surface area contributed by atoms with E-state index in [0.29, 0.717) is 38.0 Å². The number of aliphatic carboxylic acids is 2. The van der Waals surface area contributed by atoms with Crippen molar-refractivity contribution in [3.8, 4) is 0 Å². The maximum absolute atomic E-state index is 13.2. The van der Waals surface area contributed by atoms with Gasteiger partial charge < -0.3 is 31.1 Å². The summed E-state index contributed by atoms with van der Waals surface area (Å²) >= 11 is 1.54. The molecule has 0 spiro atoms. The van der Waals surface area contributed by atoms with Crippen molar-refractivity contribution in [3.63, 3.8) is 0 Å². The largest absolute Gasteiger partial charge is 0.481 e. The Kier molecular flexibility index (Phi) is 9.56. The van der Waals surface area contributed by atoms with Gasteiger partial charge in [-0.2, -0.15) is 11.8 Å². The van der Waals surface area contributed by atoms with Gasteiger partial charge in [-0.3, -0.25) is 19.2 Å². The molecule has 3 amide bonds. The van der Waals surface area contributed by atoms with Gasteiger partial charge in [0.2, 0.25) is 17.7 Å². The maximum Gasteiger partial charge on any atom is 0.326 e. The molecule has 0 bridgehead atoms. The number of rotatable bonds is 11. The molecule has 2 saturated heterocycles. The molecule has 0 aliphatic carbocycles. The van der Waals surface area contributed by atoms with E-state index in [-0.39, 0.29) is 17.9 Å². The monoisotopic (exact) mass is 458 g/mol. The van der Waals surface area contributed by atoms with E-state index in [2.05, 4.69) is 16.0 Å². The molecule has 0 aromatic rings. The van der Waals surface area contributed by atoms with E-state index in [1.54, 1.807) is 0 Å². The van der Waals surface area contributed by atoms with Crippen molar-refractivity contribution in [2.24, 2.45) is 0 Å². The smallest absolute Gasteiger partial charge is 0.326 e. The first-order valence-electron chi connectivity index (χ1n) is 10.3. The van der Waals surface area contributed by atoms with Crippen LogP contribution in [0.4, 0.5) is 0 Å².